The van der Waals surface area contributed by atoms with Gasteiger partial charge in [-0.3, -0.25) is 7.32 Å². The molecule has 320 valence electrons. The number of nitrogens with zero attached hydrogens (tertiary/aromatic N) is 4. The molecule has 7 nitrogen and oxygen atoms in total. The van der Waals surface area contributed by atoms with Crippen LogP contribution in [0.25, 0.3) is 0 Å². The summed E-state index contributed by atoms with van der Waals surface area (Å²) in [7, 11) is -8.92. The Hall–Kier alpha value is -3.67. The van der Waals surface area contributed by atoms with Gasteiger partial charge >= 0.3 is 7.25 Å². The van der Waals surface area contributed by atoms with Crippen LogP contribution in [0.2, 0.25) is 0 Å². The van der Waals surface area contributed by atoms with Gasteiger partial charge in [0.15, 0.2) is 49.6 Å². The molecule has 0 aliphatic rings. The predicted molar refractivity (Wildman–Crippen MR) is 219 cm³/mol. The molecule has 0 aliphatic carbocycles. The fourth-order valence-electron chi connectivity index (χ4n) is 5.22. The maximum atomic E-state index is 9.75. The molecular weight excluding hydrogens is 730 g/mol. The van der Waals surface area contributed by atoms with Crippen LogP contribution in [0.3, 0.4) is 0 Å². The van der Waals surface area contributed by atoms with Crippen LogP contribution in [0.15, 0.2) is 122 Å². The van der Waals surface area contributed by atoms with Crippen molar-refractivity contribution < 1.29 is 50.6 Å². The smallest absolute Gasteiger partial charge is 0.673 e. The van der Waals surface area contributed by atoms with Gasteiger partial charge in [0.1, 0.15) is 26.2 Å². The van der Waals surface area contributed by atoms with Gasteiger partial charge in [-0.1, -0.05) is 103 Å². The Labute approximate surface area is 343 Å². The maximum Gasteiger partial charge on any atom is 0.673 e. The molecule has 0 amide bonds. The fourth-order valence-corrected chi connectivity index (χ4v) is 5.22. The average Bonchev–Trinajstić information content (AvgIpc) is 3.20. The third-order valence-electron chi connectivity index (χ3n) is 8.19. The number of halogens is 4. The van der Waals surface area contributed by atoms with Crippen molar-refractivity contribution in [2.45, 2.75) is 157 Å². The molecule has 0 spiro atoms. The number of pyridine rings is 4. The van der Waals surface area contributed by atoms with Crippen LogP contribution in [0.4, 0.5) is 17.3 Å². The van der Waals surface area contributed by atoms with Crippen molar-refractivity contribution in [3.8, 4) is 0 Å². The third-order valence-corrected chi connectivity index (χ3v) is 8.19. The van der Waals surface area contributed by atoms with Crippen molar-refractivity contribution in [2.24, 2.45) is 0 Å². The lowest BCUT2D eigenvalue weighted by molar-refractivity contribution is -0.697. The number of hydrogen-bond acceptors (Lipinski definition) is 3. The summed E-state index contributed by atoms with van der Waals surface area (Å²) in [5.41, 5.74) is 0. The quantitative estimate of drug-likeness (QED) is 0.0400. The standard InChI is InChI=1S/4C11H18N.BF4.BO3/c4*1-2-3-4-6-9-12-10-7-5-8-11-12;2-1(3,4)5;2-1(3)4/h4*5,7-8,10-11H,2-4,6,9H2,1H3;;/q4*+1;-1;-3. The van der Waals surface area contributed by atoms with E-state index in [1.807, 2.05) is 0 Å². The van der Waals surface area contributed by atoms with Crippen molar-refractivity contribution in [3.63, 3.8) is 0 Å². The van der Waals surface area contributed by atoms with Crippen molar-refractivity contribution in [2.75, 3.05) is 0 Å². The predicted octanol–water partition coefficient (Wildman–Crippen LogP) is 7.57. The average molecular weight is 803 g/mol. The minimum absolute atomic E-state index is 1.17. The van der Waals surface area contributed by atoms with E-state index in [9.17, 15) is 17.3 Å². The van der Waals surface area contributed by atoms with Gasteiger partial charge in [-0.15, -0.1) is 0 Å². The van der Waals surface area contributed by atoms with Crippen molar-refractivity contribution >= 4 is 14.6 Å². The van der Waals surface area contributed by atoms with Gasteiger partial charge in [-0.2, -0.15) is 0 Å². The maximum absolute atomic E-state index is 9.75. The van der Waals surface area contributed by atoms with Crippen LogP contribution >= 0.6 is 0 Å². The monoisotopic (exact) mass is 803 g/mol. The lowest BCUT2D eigenvalue weighted by Gasteiger charge is -2.35. The van der Waals surface area contributed by atoms with E-state index >= 15 is 0 Å². The highest BCUT2D eigenvalue weighted by Gasteiger charge is 2.20. The van der Waals surface area contributed by atoms with E-state index in [-0.39, 0.29) is 0 Å². The highest BCUT2D eigenvalue weighted by Crippen LogP contribution is 2.06. The molecule has 0 bridgehead atoms. The molecule has 0 atom stereocenters. The first-order valence-electron chi connectivity index (χ1n) is 21.1. The molecule has 0 saturated carbocycles. The minimum Gasteiger partial charge on any atom is -0.907 e. The molecule has 0 aliphatic heterocycles. The molecule has 0 saturated heterocycles. The van der Waals surface area contributed by atoms with E-state index < -0.39 is 14.6 Å². The van der Waals surface area contributed by atoms with E-state index in [0.717, 1.165) is 0 Å². The summed E-state index contributed by atoms with van der Waals surface area (Å²) < 4.78 is 48.0. The first-order valence-corrected chi connectivity index (χ1v) is 21.1. The second kappa shape index (κ2) is 41.9. The Balaban J connectivity index is 0. The summed E-state index contributed by atoms with van der Waals surface area (Å²) in [5, 5.41) is 25.2. The highest BCUT2D eigenvalue weighted by atomic mass is 19.5. The summed E-state index contributed by atoms with van der Waals surface area (Å²) in [4.78, 5) is 0. The van der Waals surface area contributed by atoms with Crippen LogP contribution in [0.5, 0.6) is 0 Å². The van der Waals surface area contributed by atoms with Gasteiger partial charge in [0.2, 0.25) is 0 Å². The molecule has 4 rings (SSSR count). The molecule has 0 unspecified atom stereocenters. The SMILES string of the molecule is CCCCCC[n+]1ccccc1.CCCCCC[n+]1ccccc1.CCCCCC[n+]1ccccc1.CCCCCC[n+]1ccccc1.F[B-](F)(F)F.[O-]B([O-])[O-]. The Kier molecular flexibility index (Phi) is 40.8. The van der Waals surface area contributed by atoms with Gasteiger partial charge < -0.3 is 32.3 Å². The molecule has 4 aromatic heterocycles. The number of hydrogen-bond donors (Lipinski definition) is 0. The topological polar surface area (TPSA) is 84.7 Å². The molecule has 0 fully saturated rings. The summed E-state index contributed by atoms with van der Waals surface area (Å²) in [6.45, 7) is 13.7. The van der Waals surface area contributed by atoms with Crippen molar-refractivity contribution in [1.82, 2.24) is 0 Å². The molecule has 0 radical (unpaired) electrons. The first kappa shape index (κ1) is 55.4. The van der Waals surface area contributed by atoms with Gasteiger partial charge in [0, 0.05) is 74.2 Å². The van der Waals surface area contributed by atoms with Crippen LogP contribution in [0, 0.1) is 0 Å². The van der Waals surface area contributed by atoms with Crippen LogP contribution < -0.4 is 33.3 Å². The molecule has 0 aromatic carbocycles. The first-order chi connectivity index (χ1) is 27.5. The summed E-state index contributed by atoms with van der Waals surface area (Å²) >= 11 is 0. The molecule has 4 heterocycles. The van der Waals surface area contributed by atoms with Gasteiger partial charge in [0.05, 0.1) is 0 Å². The lowest BCUT2D eigenvalue weighted by atomic mass is 10.2. The zero-order chi connectivity index (χ0) is 42.7. The lowest BCUT2D eigenvalue weighted by Crippen LogP contribution is -2.56. The number of aromatic nitrogens is 4. The van der Waals surface area contributed by atoms with E-state index in [4.69, 9.17) is 15.1 Å². The van der Waals surface area contributed by atoms with Crippen molar-refractivity contribution in [3.05, 3.63) is 122 Å². The molecule has 13 heteroatoms. The van der Waals surface area contributed by atoms with Gasteiger partial charge in [0.25, 0.3) is 0 Å². The number of rotatable bonds is 20. The summed E-state index contributed by atoms with van der Waals surface area (Å²) in [6, 6.07) is 24.9. The van der Waals surface area contributed by atoms with Gasteiger partial charge in [-0.25, -0.2) is 18.3 Å². The normalized spacial score (nSPS) is 10.0. The van der Waals surface area contributed by atoms with E-state index in [1.165, 1.54) is 129 Å². The minimum atomic E-state index is -6.00. The van der Waals surface area contributed by atoms with Crippen LogP contribution in [-0.4, -0.2) is 14.6 Å². The third kappa shape index (κ3) is 48.4. The van der Waals surface area contributed by atoms with Crippen LogP contribution in [-0.2, 0) is 26.2 Å². The zero-order valence-electron chi connectivity index (χ0n) is 35.4. The van der Waals surface area contributed by atoms with E-state index in [0.29, 0.717) is 0 Å². The van der Waals surface area contributed by atoms with Crippen LogP contribution in [0.1, 0.15) is 130 Å². The Morgan fingerprint density at radius 1 is 0.333 bits per heavy atom. The van der Waals surface area contributed by atoms with Crippen molar-refractivity contribution in [1.29, 1.82) is 0 Å². The molecular formula is C44H72B2F4N4O3. The number of unbranched alkanes of at least 4 members (excludes halogenated alkanes) is 12. The fraction of sp³-hybridized carbons (Fsp3) is 0.545. The Morgan fingerprint density at radius 3 is 0.632 bits per heavy atom. The summed E-state index contributed by atoms with van der Waals surface area (Å²) in [6.07, 6.45) is 38.5. The molecule has 4 aromatic rings. The van der Waals surface area contributed by atoms with E-state index in [2.05, 4.69) is 168 Å². The largest absolute Gasteiger partial charge is 0.907 e. The molecule has 0 N–H and O–H groups in total. The summed E-state index contributed by atoms with van der Waals surface area (Å²) in [5.74, 6) is 0. The number of aryl methyl sites for hydroxylation is 4. The highest BCUT2D eigenvalue weighted by molar-refractivity contribution is 6.50. The van der Waals surface area contributed by atoms with Gasteiger partial charge in [-0.05, 0) is 25.7 Å². The molecule has 57 heavy (non-hydrogen) atoms. The second-order valence-electron chi connectivity index (χ2n) is 13.5. The zero-order valence-corrected chi connectivity index (χ0v) is 35.4. The van der Waals surface area contributed by atoms with E-state index in [1.54, 1.807) is 0 Å². The Morgan fingerprint density at radius 2 is 0.491 bits per heavy atom. The second-order valence-corrected chi connectivity index (χ2v) is 13.5. The Bertz CT molecular complexity index is 1140.